The minimum Gasteiger partial charge on any atom is -0.477 e. The summed E-state index contributed by atoms with van der Waals surface area (Å²) in [5.41, 5.74) is 1.68. The Balaban J connectivity index is 1.57. The van der Waals surface area contributed by atoms with Gasteiger partial charge in [0.25, 0.3) is 5.91 Å². The highest BCUT2D eigenvalue weighted by molar-refractivity contribution is 7.10. The second-order valence-electron chi connectivity index (χ2n) is 6.33. The highest BCUT2D eigenvalue weighted by Crippen LogP contribution is 2.35. The molecule has 2 aliphatic rings. The molecule has 0 spiro atoms. The molecule has 1 fully saturated rings. The average molecular weight is 379 g/mol. The van der Waals surface area contributed by atoms with E-state index in [4.69, 9.17) is 16.3 Å². The number of anilines is 1. The molecule has 4 rings (SSSR count). The Hall–Kier alpha value is -1.86. The van der Waals surface area contributed by atoms with Crippen LogP contribution in [0.4, 0.5) is 5.69 Å². The van der Waals surface area contributed by atoms with E-state index in [9.17, 15) is 4.79 Å². The molecule has 6 nitrogen and oxygen atoms in total. The van der Waals surface area contributed by atoms with Crippen molar-refractivity contribution in [1.82, 2.24) is 14.5 Å². The largest absolute Gasteiger partial charge is 0.477 e. The summed E-state index contributed by atoms with van der Waals surface area (Å²) in [6.45, 7) is 2.64. The summed E-state index contributed by atoms with van der Waals surface area (Å²) < 4.78 is 10.5. The molecular weight excluding hydrogens is 360 g/mol. The van der Waals surface area contributed by atoms with Gasteiger partial charge in [0, 0.05) is 24.6 Å². The quantitative estimate of drug-likeness (QED) is 0.821. The number of rotatable bonds is 3. The first-order valence-corrected chi connectivity index (χ1v) is 9.63. The summed E-state index contributed by atoms with van der Waals surface area (Å²) in [6.07, 6.45) is 2.83. The third-order valence-electron chi connectivity index (χ3n) is 4.65. The van der Waals surface area contributed by atoms with Crippen molar-refractivity contribution in [2.45, 2.75) is 31.9 Å². The van der Waals surface area contributed by atoms with Crippen molar-refractivity contribution in [3.63, 3.8) is 0 Å². The zero-order chi connectivity index (χ0) is 17.2. The third-order valence-corrected chi connectivity index (χ3v) is 5.64. The van der Waals surface area contributed by atoms with Gasteiger partial charge in [0.1, 0.15) is 15.8 Å². The average Bonchev–Trinajstić information content (AvgIpc) is 3.06. The molecule has 0 unspecified atom stereocenters. The fraction of sp³-hybridized carbons (Fsp3) is 0.471. The van der Waals surface area contributed by atoms with Gasteiger partial charge in [-0.15, -0.1) is 5.10 Å². The van der Waals surface area contributed by atoms with Gasteiger partial charge >= 0.3 is 0 Å². The second-order valence-corrected chi connectivity index (χ2v) is 7.69. The van der Waals surface area contributed by atoms with Crippen LogP contribution in [0.15, 0.2) is 24.3 Å². The van der Waals surface area contributed by atoms with Crippen LogP contribution in [0.3, 0.4) is 0 Å². The lowest BCUT2D eigenvalue weighted by atomic mass is 10.1. The lowest BCUT2D eigenvalue weighted by molar-refractivity contribution is -0.139. The molecule has 0 bridgehead atoms. The first-order valence-electron chi connectivity index (χ1n) is 8.48. The Labute approximate surface area is 155 Å². The molecule has 1 aromatic carbocycles. The maximum atomic E-state index is 12.9. The Morgan fingerprint density at radius 2 is 2.08 bits per heavy atom. The van der Waals surface area contributed by atoms with Crippen LogP contribution in [0.25, 0.3) is 0 Å². The lowest BCUT2D eigenvalue weighted by Gasteiger charge is -2.38. The van der Waals surface area contributed by atoms with Crippen LogP contribution >= 0.6 is 23.1 Å². The topological polar surface area (TPSA) is 58.6 Å². The van der Waals surface area contributed by atoms with Gasteiger partial charge in [-0.05, 0) is 31.4 Å². The number of hydrogen-bond acceptors (Lipinski definition) is 6. The molecule has 0 saturated carbocycles. The van der Waals surface area contributed by atoms with Gasteiger partial charge in [-0.1, -0.05) is 28.2 Å². The number of likely N-dealkylation sites (tertiary alicyclic amines) is 1. The maximum absolute atomic E-state index is 12.9. The van der Waals surface area contributed by atoms with Crippen molar-refractivity contribution in [2.75, 3.05) is 24.5 Å². The van der Waals surface area contributed by atoms with Gasteiger partial charge in [-0.2, -0.15) is 0 Å². The van der Waals surface area contributed by atoms with E-state index < -0.39 is 6.10 Å². The van der Waals surface area contributed by atoms with Crippen molar-refractivity contribution < 1.29 is 9.53 Å². The van der Waals surface area contributed by atoms with Crippen LogP contribution < -0.4 is 9.64 Å². The predicted molar refractivity (Wildman–Crippen MR) is 97.3 cm³/mol. The van der Waals surface area contributed by atoms with Gasteiger partial charge < -0.3 is 14.5 Å². The normalized spacial score (nSPS) is 20.1. The van der Waals surface area contributed by atoms with Crippen molar-refractivity contribution in [2.24, 2.45) is 0 Å². The first kappa shape index (κ1) is 16.6. The van der Waals surface area contributed by atoms with Crippen molar-refractivity contribution in [3.05, 3.63) is 34.3 Å². The van der Waals surface area contributed by atoms with E-state index in [-0.39, 0.29) is 5.91 Å². The zero-order valence-electron chi connectivity index (χ0n) is 13.7. The number of piperidine rings is 1. The van der Waals surface area contributed by atoms with E-state index in [2.05, 4.69) is 14.5 Å². The van der Waals surface area contributed by atoms with Gasteiger partial charge in [0.05, 0.1) is 18.8 Å². The van der Waals surface area contributed by atoms with Crippen molar-refractivity contribution in [1.29, 1.82) is 0 Å². The molecule has 0 radical (unpaired) electrons. The van der Waals surface area contributed by atoms with Gasteiger partial charge in [0.2, 0.25) is 0 Å². The van der Waals surface area contributed by atoms with Gasteiger partial charge in [0.15, 0.2) is 6.10 Å². The lowest BCUT2D eigenvalue weighted by Crippen LogP contribution is -2.51. The van der Waals surface area contributed by atoms with Crippen LogP contribution in [0.1, 0.15) is 25.0 Å². The van der Waals surface area contributed by atoms with Gasteiger partial charge in [-0.25, -0.2) is 0 Å². The number of hydrogen-bond donors (Lipinski definition) is 0. The molecule has 3 heterocycles. The molecular formula is C17H19ClN4O2S. The van der Waals surface area contributed by atoms with Crippen LogP contribution in [0.2, 0.25) is 4.34 Å². The smallest absolute Gasteiger partial charge is 0.265 e. The number of nitrogens with zero attached hydrogens (tertiary/aromatic N) is 4. The number of halogens is 1. The molecule has 1 saturated heterocycles. The summed E-state index contributed by atoms with van der Waals surface area (Å²) in [4.78, 5) is 16.9. The number of carbonyl (C=O) groups is 1. The number of carbonyl (C=O) groups excluding carboxylic acids is 1. The minimum absolute atomic E-state index is 0.0710. The number of ether oxygens (including phenoxy) is 1. The number of fused-ring (bicyclic) bond motifs is 1. The fourth-order valence-electron chi connectivity index (χ4n) is 3.38. The van der Waals surface area contributed by atoms with E-state index in [1.165, 1.54) is 18.0 Å². The second kappa shape index (κ2) is 7.17. The van der Waals surface area contributed by atoms with Crippen LogP contribution in [-0.2, 0) is 11.3 Å². The number of amides is 1. The fourth-order valence-corrected chi connectivity index (χ4v) is 3.99. The highest BCUT2D eigenvalue weighted by Gasteiger charge is 2.34. The highest BCUT2D eigenvalue weighted by atomic mass is 35.5. The summed E-state index contributed by atoms with van der Waals surface area (Å²) >= 11 is 7.34. The van der Waals surface area contributed by atoms with Crippen molar-refractivity contribution in [3.8, 4) is 5.75 Å². The Kier molecular flexibility index (Phi) is 4.76. The van der Waals surface area contributed by atoms with E-state index in [0.717, 1.165) is 43.1 Å². The molecule has 0 aliphatic carbocycles. The zero-order valence-corrected chi connectivity index (χ0v) is 15.3. The molecule has 0 N–H and O–H groups in total. The van der Waals surface area contributed by atoms with E-state index >= 15 is 0 Å². The summed E-state index contributed by atoms with van der Waals surface area (Å²) in [5.74, 6) is 0.796. The first-order chi connectivity index (χ1) is 12.2. The van der Waals surface area contributed by atoms with Crippen LogP contribution in [0, 0.1) is 0 Å². The molecule has 8 heteroatoms. The van der Waals surface area contributed by atoms with E-state index in [1.807, 2.05) is 29.2 Å². The number of aromatic nitrogens is 2. The predicted octanol–water partition coefficient (Wildman–Crippen LogP) is 2.97. The molecule has 25 heavy (non-hydrogen) atoms. The van der Waals surface area contributed by atoms with E-state index in [0.29, 0.717) is 17.4 Å². The van der Waals surface area contributed by atoms with Crippen LogP contribution in [0.5, 0.6) is 5.75 Å². The molecule has 132 valence electrons. The Bertz CT molecular complexity index is 763. The SMILES string of the molecule is O=C([C@H]1CN(Cc2nnsc2Cl)c2ccccc2O1)N1CCCCC1. The molecule has 2 aromatic rings. The summed E-state index contributed by atoms with van der Waals surface area (Å²) in [5, 5.41) is 4.10. The summed E-state index contributed by atoms with van der Waals surface area (Å²) in [6, 6.07) is 7.77. The minimum atomic E-state index is -0.502. The summed E-state index contributed by atoms with van der Waals surface area (Å²) in [7, 11) is 0. The Morgan fingerprint density at radius 3 is 2.84 bits per heavy atom. The van der Waals surface area contributed by atoms with E-state index in [1.54, 1.807) is 0 Å². The van der Waals surface area contributed by atoms with Gasteiger partial charge in [-0.3, -0.25) is 4.79 Å². The molecule has 1 aromatic heterocycles. The van der Waals surface area contributed by atoms with Crippen molar-refractivity contribution >= 4 is 34.7 Å². The third kappa shape index (κ3) is 3.43. The molecule has 2 aliphatic heterocycles. The number of para-hydroxylation sites is 2. The molecule has 1 atom stereocenters. The maximum Gasteiger partial charge on any atom is 0.265 e. The standard InChI is InChI=1S/C17H19ClN4O2S/c18-16-12(19-20-25-16)10-22-11-15(17(23)21-8-4-1-5-9-21)24-14-7-3-2-6-13(14)22/h2-3,6-7,15H,1,4-5,8-11H2/t15-/m1/s1. The van der Waals surface area contributed by atoms with Crippen LogP contribution in [-0.4, -0.2) is 46.1 Å². The monoisotopic (exact) mass is 378 g/mol. The number of benzene rings is 1. The Morgan fingerprint density at radius 1 is 1.28 bits per heavy atom. The molecule has 1 amide bonds.